The molecule has 3 N–H and O–H groups in total. The summed E-state index contributed by atoms with van der Waals surface area (Å²) in [6, 6.07) is 4.39. The van der Waals surface area contributed by atoms with E-state index in [1.807, 2.05) is 0 Å². The summed E-state index contributed by atoms with van der Waals surface area (Å²) in [4.78, 5) is 10.8. The van der Waals surface area contributed by atoms with Crippen LogP contribution in [-0.4, -0.2) is 39.6 Å². The zero-order chi connectivity index (χ0) is 14.1. The highest BCUT2D eigenvalue weighted by Crippen LogP contribution is 2.40. The summed E-state index contributed by atoms with van der Waals surface area (Å²) in [5, 5.41) is 25.2. The van der Waals surface area contributed by atoms with Gasteiger partial charge in [0.25, 0.3) is 0 Å². The van der Waals surface area contributed by atoms with Crippen LogP contribution in [0.5, 0.6) is 17.2 Å². The van der Waals surface area contributed by atoms with E-state index in [2.05, 4.69) is 10.2 Å². The van der Waals surface area contributed by atoms with Crippen molar-refractivity contribution in [3.63, 3.8) is 0 Å². The number of phenols is 1. The van der Waals surface area contributed by atoms with Crippen molar-refractivity contribution >= 4 is 5.97 Å². The Kier molecular flexibility index (Phi) is 2.94. The molecule has 0 bridgehead atoms. The zero-order valence-electron chi connectivity index (χ0n) is 10.4. The lowest BCUT2D eigenvalue weighted by Crippen LogP contribution is -1.97. The highest BCUT2D eigenvalue weighted by molar-refractivity contribution is 5.87. The van der Waals surface area contributed by atoms with E-state index in [1.54, 1.807) is 6.07 Å². The normalized spacial score (nSPS) is 13.8. The van der Waals surface area contributed by atoms with Crippen LogP contribution in [0.2, 0.25) is 0 Å². The van der Waals surface area contributed by atoms with Crippen molar-refractivity contribution < 1.29 is 24.5 Å². The van der Waals surface area contributed by atoms with Crippen LogP contribution in [0.1, 0.15) is 16.9 Å². The Morgan fingerprint density at radius 3 is 2.55 bits per heavy atom. The summed E-state index contributed by atoms with van der Waals surface area (Å²) in [7, 11) is 0. The lowest BCUT2D eigenvalue weighted by atomic mass is 10.1. The minimum Gasteiger partial charge on any atom is -0.507 e. The van der Waals surface area contributed by atoms with Crippen LogP contribution in [0.3, 0.4) is 0 Å². The molecule has 0 radical (unpaired) electrons. The number of rotatable bonds is 2. The number of ether oxygens (including phenoxy) is 2. The van der Waals surface area contributed by atoms with Gasteiger partial charge in [-0.05, 0) is 12.1 Å². The predicted molar refractivity (Wildman–Crippen MR) is 68.3 cm³/mol. The molecule has 2 heterocycles. The van der Waals surface area contributed by atoms with Gasteiger partial charge < -0.3 is 19.7 Å². The maximum Gasteiger partial charge on any atom is 0.353 e. The number of benzene rings is 1. The van der Waals surface area contributed by atoms with E-state index in [4.69, 9.17) is 14.6 Å². The largest absolute Gasteiger partial charge is 0.507 e. The molecule has 0 aliphatic carbocycles. The van der Waals surface area contributed by atoms with Gasteiger partial charge in [0.15, 0.2) is 11.5 Å². The summed E-state index contributed by atoms with van der Waals surface area (Å²) in [5.41, 5.74) is 0.667. The highest BCUT2D eigenvalue weighted by atomic mass is 16.5. The fourth-order valence-corrected chi connectivity index (χ4v) is 1.97. The van der Waals surface area contributed by atoms with Crippen molar-refractivity contribution in [2.75, 3.05) is 13.2 Å². The van der Waals surface area contributed by atoms with Crippen molar-refractivity contribution in [1.29, 1.82) is 0 Å². The van der Waals surface area contributed by atoms with Gasteiger partial charge in [-0.15, -0.1) is 0 Å². The molecule has 0 unspecified atom stereocenters. The lowest BCUT2D eigenvalue weighted by Gasteiger charge is -2.10. The second-order valence-electron chi connectivity index (χ2n) is 4.34. The Hall–Kier alpha value is -2.70. The van der Waals surface area contributed by atoms with Gasteiger partial charge in [0.2, 0.25) is 0 Å². The lowest BCUT2D eigenvalue weighted by molar-refractivity contribution is 0.0690. The topological polar surface area (TPSA) is 105 Å². The maximum atomic E-state index is 10.8. The molecule has 0 fully saturated rings. The fraction of sp³-hybridized carbons (Fsp3) is 0.231. The number of hydrogen-bond donors (Lipinski definition) is 3. The van der Waals surface area contributed by atoms with E-state index in [0.717, 1.165) is 6.42 Å². The van der Waals surface area contributed by atoms with Gasteiger partial charge in [0.05, 0.1) is 18.9 Å². The number of hydrogen-bond acceptors (Lipinski definition) is 5. The van der Waals surface area contributed by atoms with Gasteiger partial charge in [-0.1, -0.05) is 0 Å². The number of nitrogens with one attached hydrogen (secondary N) is 1. The molecular formula is C13H12N2O5. The molecule has 1 aromatic heterocycles. The first kappa shape index (κ1) is 12.3. The molecule has 0 saturated carbocycles. The number of fused-ring (bicyclic) bond motifs is 1. The summed E-state index contributed by atoms with van der Waals surface area (Å²) in [6.07, 6.45) is 0.760. The monoisotopic (exact) mass is 276 g/mol. The van der Waals surface area contributed by atoms with E-state index in [1.165, 1.54) is 12.1 Å². The number of carbonyl (C=O) groups is 1. The molecule has 0 amide bonds. The molecular weight excluding hydrogens is 264 g/mol. The molecule has 7 nitrogen and oxygen atoms in total. The summed E-state index contributed by atoms with van der Waals surface area (Å²) < 4.78 is 11.0. The highest BCUT2D eigenvalue weighted by Gasteiger charge is 2.18. The maximum absolute atomic E-state index is 10.8. The summed E-state index contributed by atoms with van der Waals surface area (Å²) in [5.74, 6) is -0.178. The average Bonchev–Trinajstić information content (AvgIpc) is 2.79. The van der Waals surface area contributed by atoms with Gasteiger partial charge in [-0.3, -0.25) is 5.10 Å². The van der Waals surface area contributed by atoms with E-state index in [9.17, 15) is 9.90 Å². The summed E-state index contributed by atoms with van der Waals surface area (Å²) >= 11 is 0. The fourth-order valence-electron chi connectivity index (χ4n) is 1.97. The molecule has 0 spiro atoms. The number of carboxylic acids is 1. The first-order chi connectivity index (χ1) is 9.65. The Morgan fingerprint density at radius 2 is 1.90 bits per heavy atom. The number of H-pyrrole nitrogens is 1. The van der Waals surface area contributed by atoms with E-state index in [0.29, 0.717) is 36.0 Å². The second-order valence-corrected chi connectivity index (χ2v) is 4.34. The van der Waals surface area contributed by atoms with Crippen LogP contribution in [0, 0.1) is 0 Å². The van der Waals surface area contributed by atoms with Crippen molar-refractivity contribution in [2.45, 2.75) is 6.42 Å². The number of phenolic OH excluding ortho intramolecular Hbond substituents is 1. The molecule has 104 valence electrons. The third kappa shape index (κ3) is 2.13. The third-order valence-electron chi connectivity index (χ3n) is 2.95. The Labute approximate surface area is 113 Å². The van der Waals surface area contributed by atoms with Gasteiger partial charge in [0.1, 0.15) is 11.4 Å². The molecule has 1 aliphatic rings. The van der Waals surface area contributed by atoms with E-state index in [-0.39, 0.29) is 11.4 Å². The van der Waals surface area contributed by atoms with E-state index < -0.39 is 5.97 Å². The number of nitrogens with zero attached hydrogens (tertiary/aromatic N) is 1. The Bertz CT molecular complexity index is 665. The molecule has 1 aromatic carbocycles. The minimum atomic E-state index is -1.11. The quantitative estimate of drug-likeness (QED) is 0.770. The number of aromatic carboxylic acids is 1. The molecule has 3 rings (SSSR count). The van der Waals surface area contributed by atoms with Gasteiger partial charge in [0, 0.05) is 18.1 Å². The minimum absolute atomic E-state index is 0.0438. The van der Waals surface area contributed by atoms with Gasteiger partial charge >= 0.3 is 5.97 Å². The summed E-state index contributed by atoms with van der Waals surface area (Å²) in [6.45, 7) is 1.05. The molecule has 1 aliphatic heterocycles. The SMILES string of the molecule is O=C(O)c1cc(-c2cc3c(cc2O)OCCCO3)n[nH]1. The Morgan fingerprint density at radius 1 is 1.20 bits per heavy atom. The zero-order valence-corrected chi connectivity index (χ0v) is 10.4. The van der Waals surface area contributed by atoms with Crippen LogP contribution in [0.4, 0.5) is 0 Å². The molecule has 7 heteroatoms. The van der Waals surface area contributed by atoms with Crippen LogP contribution in [0.15, 0.2) is 18.2 Å². The van der Waals surface area contributed by atoms with Crippen molar-refractivity contribution in [3.8, 4) is 28.5 Å². The molecule has 0 saturated heterocycles. The van der Waals surface area contributed by atoms with E-state index >= 15 is 0 Å². The first-order valence-electron chi connectivity index (χ1n) is 6.07. The smallest absolute Gasteiger partial charge is 0.353 e. The van der Waals surface area contributed by atoms with Gasteiger partial charge in [-0.25, -0.2) is 4.79 Å². The van der Waals surface area contributed by atoms with Crippen LogP contribution in [0.25, 0.3) is 11.3 Å². The second kappa shape index (κ2) is 4.76. The Balaban J connectivity index is 2.04. The first-order valence-corrected chi connectivity index (χ1v) is 6.07. The number of aromatic amines is 1. The number of aromatic nitrogens is 2. The molecule has 20 heavy (non-hydrogen) atoms. The van der Waals surface area contributed by atoms with Crippen molar-refractivity contribution in [3.05, 3.63) is 23.9 Å². The third-order valence-corrected chi connectivity index (χ3v) is 2.95. The van der Waals surface area contributed by atoms with Gasteiger partial charge in [-0.2, -0.15) is 5.10 Å². The standard InChI is InChI=1S/C13H12N2O5/c16-10-6-12-11(19-2-1-3-20-12)4-7(10)8-5-9(13(17)18)15-14-8/h4-6,16H,1-3H2,(H,14,15)(H,17,18). The molecule has 2 aromatic rings. The number of carboxylic acid groups (broad SMARTS) is 1. The van der Waals surface area contributed by atoms with Crippen LogP contribution >= 0.6 is 0 Å². The number of aromatic hydroxyl groups is 1. The van der Waals surface area contributed by atoms with Crippen molar-refractivity contribution in [2.24, 2.45) is 0 Å². The molecule has 0 atom stereocenters. The van der Waals surface area contributed by atoms with Crippen LogP contribution in [-0.2, 0) is 0 Å². The average molecular weight is 276 g/mol. The predicted octanol–water partition coefficient (Wildman–Crippen LogP) is 1.64. The van der Waals surface area contributed by atoms with Crippen molar-refractivity contribution in [1.82, 2.24) is 10.2 Å². The van der Waals surface area contributed by atoms with Crippen LogP contribution < -0.4 is 9.47 Å².